The van der Waals surface area contributed by atoms with Crippen molar-refractivity contribution in [2.24, 2.45) is 5.73 Å². The van der Waals surface area contributed by atoms with Crippen molar-refractivity contribution in [3.63, 3.8) is 0 Å². The highest BCUT2D eigenvalue weighted by molar-refractivity contribution is 7.99. The fraction of sp³-hybridized carbons (Fsp3) is 0.300. The van der Waals surface area contributed by atoms with Crippen molar-refractivity contribution in [3.8, 4) is 0 Å². The molecule has 0 aliphatic rings. The van der Waals surface area contributed by atoms with Gasteiger partial charge in [-0.25, -0.2) is 4.98 Å². The molecule has 2 N–H and O–H groups in total. The Hall–Kier alpha value is -1.40. The van der Waals surface area contributed by atoms with Crippen LogP contribution in [0.3, 0.4) is 0 Å². The molecule has 6 heteroatoms. The molecule has 16 heavy (non-hydrogen) atoms. The van der Waals surface area contributed by atoms with E-state index in [-0.39, 0.29) is 6.04 Å². The Balaban J connectivity index is 2.27. The van der Waals surface area contributed by atoms with E-state index in [2.05, 4.69) is 15.2 Å². The van der Waals surface area contributed by atoms with Crippen molar-refractivity contribution in [1.29, 1.82) is 0 Å². The lowest BCUT2D eigenvalue weighted by molar-refractivity contribution is 0.429. The Bertz CT molecular complexity index is 483. The molecule has 0 aliphatic carbocycles. The first kappa shape index (κ1) is 11.1. The topological polar surface area (TPSA) is 77.8 Å². The van der Waals surface area contributed by atoms with Gasteiger partial charge in [0.05, 0.1) is 0 Å². The monoisotopic (exact) mass is 236 g/mol. The summed E-state index contributed by atoms with van der Waals surface area (Å²) >= 11 is 1.33. The summed E-state index contributed by atoms with van der Waals surface area (Å²) in [7, 11) is 0. The summed E-state index contributed by atoms with van der Waals surface area (Å²) < 4.78 is 5.28. The zero-order valence-corrected chi connectivity index (χ0v) is 9.86. The van der Waals surface area contributed by atoms with Gasteiger partial charge in [0, 0.05) is 24.7 Å². The van der Waals surface area contributed by atoms with Crippen molar-refractivity contribution < 1.29 is 4.42 Å². The molecular weight excluding hydrogens is 224 g/mol. The summed E-state index contributed by atoms with van der Waals surface area (Å²) in [5.74, 6) is 0.542. The van der Waals surface area contributed by atoms with Crippen LogP contribution in [0.4, 0.5) is 0 Å². The number of aryl methyl sites for hydroxylation is 1. The Labute approximate surface area is 97.5 Å². The molecule has 84 valence electrons. The standard InChI is InChI=1S/C10H12N4OS/c1-6(11)8-4-3-5-12-9(8)16-10-14-13-7(2)15-10/h3-6H,11H2,1-2H3/t6-/m0/s1. The number of nitrogens with two attached hydrogens (primary N) is 1. The van der Waals surface area contributed by atoms with Crippen LogP contribution < -0.4 is 5.73 Å². The van der Waals surface area contributed by atoms with Crippen molar-refractivity contribution >= 4 is 11.8 Å². The fourth-order valence-electron chi connectivity index (χ4n) is 1.24. The van der Waals surface area contributed by atoms with E-state index in [1.54, 1.807) is 13.1 Å². The van der Waals surface area contributed by atoms with E-state index in [1.807, 2.05) is 19.1 Å². The average molecular weight is 236 g/mol. The number of hydrogen-bond acceptors (Lipinski definition) is 6. The SMILES string of the molecule is Cc1nnc(Sc2ncccc2[C@H](C)N)o1. The molecule has 0 aromatic carbocycles. The number of aromatic nitrogens is 3. The van der Waals surface area contributed by atoms with E-state index in [0.717, 1.165) is 10.6 Å². The summed E-state index contributed by atoms with van der Waals surface area (Å²) in [5.41, 5.74) is 6.83. The highest BCUT2D eigenvalue weighted by atomic mass is 32.2. The lowest BCUT2D eigenvalue weighted by Gasteiger charge is -2.08. The Kier molecular flexibility index (Phi) is 3.21. The first-order chi connectivity index (χ1) is 7.66. The predicted octanol–water partition coefficient (Wildman–Crippen LogP) is 1.94. The second kappa shape index (κ2) is 4.63. The Morgan fingerprint density at radius 1 is 1.44 bits per heavy atom. The highest BCUT2D eigenvalue weighted by Crippen LogP contribution is 2.29. The van der Waals surface area contributed by atoms with Crippen molar-refractivity contribution in [2.75, 3.05) is 0 Å². The molecule has 2 rings (SSSR count). The zero-order valence-electron chi connectivity index (χ0n) is 9.04. The summed E-state index contributed by atoms with van der Waals surface area (Å²) in [5, 5.41) is 8.96. The van der Waals surface area contributed by atoms with Gasteiger partial charge in [-0.2, -0.15) is 0 Å². The number of rotatable bonds is 3. The van der Waals surface area contributed by atoms with E-state index >= 15 is 0 Å². The summed E-state index contributed by atoms with van der Waals surface area (Å²) in [6, 6.07) is 3.74. The third kappa shape index (κ3) is 2.40. The molecular formula is C10H12N4OS. The van der Waals surface area contributed by atoms with Gasteiger partial charge in [-0.05, 0) is 24.8 Å². The molecule has 0 spiro atoms. The van der Waals surface area contributed by atoms with Gasteiger partial charge in [0.1, 0.15) is 5.03 Å². The van der Waals surface area contributed by atoms with Gasteiger partial charge in [0.25, 0.3) is 5.22 Å². The maximum atomic E-state index is 5.85. The predicted molar refractivity (Wildman–Crippen MR) is 60.0 cm³/mol. The van der Waals surface area contributed by atoms with Gasteiger partial charge in [0.2, 0.25) is 5.89 Å². The number of hydrogen-bond donors (Lipinski definition) is 1. The first-order valence-corrected chi connectivity index (χ1v) is 5.67. The average Bonchev–Trinajstić information content (AvgIpc) is 2.64. The molecule has 0 bridgehead atoms. The summed E-state index contributed by atoms with van der Waals surface area (Å²) in [6.45, 7) is 3.67. The summed E-state index contributed by atoms with van der Waals surface area (Å²) in [4.78, 5) is 4.26. The van der Waals surface area contributed by atoms with Gasteiger partial charge in [-0.3, -0.25) is 0 Å². The molecule has 0 saturated heterocycles. The molecule has 0 fully saturated rings. The van der Waals surface area contributed by atoms with Crippen LogP contribution in [0.1, 0.15) is 24.4 Å². The molecule has 2 aromatic rings. The third-order valence-corrected chi connectivity index (χ3v) is 2.86. The van der Waals surface area contributed by atoms with Gasteiger partial charge in [-0.1, -0.05) is 6.07 Å². The largest absolute Gasteiger partial charge is 0.416 e. The normalized spacial score (nSPS) is 12.7. The van der Waals surface area contributed by atoms with E-state index in [9.17, 15) is 0 Å². The van der Waals surface area contributed by atoms with Crippen LogP contribution in [0.2, 0.25) is 0 Å². The van der Waals surface area contributed by atoms with E-state index < -0.39 is 0 Å². The van der Waals surface area contributed by atoms with Crippen LogP contribution in [0.5, 0.6) is 0 Å². The van der Waals surface area contributed by atoms with E-state index in [4.69, 9.17) is 10.2 Å². The summed E-state index contributed by atoms with van der Waals surface area (Å²) in [6.07, 6.45) is 1.72. The van der Waals surface area contributed by atoms with E-state index in [0.29, 0.717) is 11.1 Å². The Morgan fingerprint density at radius 3 is 2.88 bits per heavy atom. The Morgan fingerprint density at radius 2 is 2.25 bits per heavy atom. The maximum absolute atomic E-state index is 5.85. The van der Waals surface area contributed by atoms with Crippen LogP contribution in [0.15, 0.2) is 33.0 Å². The van der Waals surface area contributed by atoms with Gasteiger partial charge >= 0.3 is 0 Å². The highest BCUT2D eigenvalue weighted by Gasteiger charge is 2.12. The molecule has 0 saturated carbocycles. The van der Waals surface area contributed by atoms with Crippen molar-refractivity contribution in [1.82, 2.24) is 15.2 Å². The minimum absolute atomic E-state index is 0.0692. The minimum atomic E-state index is -0.0692. The number of nitrogens with zero attached hydrogens (tertiary/aromatic N) is 3. The smallest absolute Gasteiger partial charge is 0.282 e. The zero-order chi connectivity index (χ0) is 11.5. The molecule has 2 heterocycles. The first-order valence-electron chi connectivity index (χ1n) is 4.85. The third-order valence-electron chi connectivity index (χ3n) is 1.98. The van der Waals surface area contributed by atoms with Crippen LogP contribution in [-0.4, -0.2) is 15.2 Å². The lowest BCUT2D eigenvalue weighted by atomic mass is 10.2. The molecule has 0 radical (unpaired) electrons. The minimum Gasteiger partial charge on any atom is -0.416 e. The van der Waals surface area contributed by atoms with Gasteiger partial charge in [-0.15, -0.1) is 10.2 Å². The quantitative estimate of drug-likeness (QED) is 0.877. The second-order valence-electron chi connectivity index (χ2n) is 3.38. The fourth-order valence-corrected chi connectivity index (χ4v) is 2.13. The van der Waals surface area contributed by atoms with Gasteiger partial charge < -0.3 is 10.2 Å². The lowest BCUT2D eigenvalue weighted by Crippen LogP contribution is -2.07. The van der Waals surface area contributed by atoms with Crippen LogP contribution in [0.25, 0.3) is 0 Å². The molecule has 2 aromatic heterocycles. The molecule has 5 nitrogen and oxygen atoms in total. The van der Waals surface area contributed by atoms with E-state index in [1.165, 1.54) is 11.8 Å². The van der Waals surface area contributed by atoms with Crippen molar-refractivity contribution in [3.05, 3.63) is 29.8 Å². The van der Waals surface area contributed by atoms with Gasteiger partial charge in [0.15, 0.2) is 0 Å². The second-order valence-corrected chi connectivity index (χ2v) is 4.32. The van der Waals surface area contributed by atoms with Crippen LogP contribution in [-0.2, 0) is 0 Å². The molecule has 0 amide bonds. The van der Waals surface area contributed by atoms with Crippen LogP contribution in [0, 0.1) is 6.92 Å². The number of pyridine rings is 1. The molecule has 0 aliphatic heterocycles. The maximum Gasteiger partial charge on any atom is 0.282 e. The molecule has 0 unspecified atom stereocenters. The van der Waals surface area contributed by atoms with Crippen molar-refractivity contribution in [2.45, 2.75) is 30.1 Å². The van der Waals surface area contributed by atoms with Crippen LogP contribution >= 0.6 is 11.8 Å². The molecule has 1 atom stereocenters.